The number of aliphatic carboxylic acids is 1. The topological polar surface area (TPSA) is 59.4 Å². The van der Waals surface area contributed by atoms with Crippen LogP contribution in [0.4, 0.5) is 0 Å². The number of hydrogen-bond acceptors (Lipinski definition) is 4. The smallest absolute Gasteiger partial charge is 0.328 e. The van der Waals surface area contributed by atoms with E-state index in [0.29, 0.717) is 17.9 Å². The number of carboxylic acid groups (broad SMARTS) is 1. The summed E-state index contributed by atoms with van der Waals surface area (Å²) in [5.41, 5.74) is 1.72. The van der Waals surface area contributed by atoms with Gasteiger partial charge < -0.3 is 9.84 Å². The summed E-state index contributed by atoms with van der Waals surface area (Å²) in [7, 11) is 0. The Kier molecular flexibility index (Phi) is 5.14. The molecule has 0 aliphatic carbocycles. The van der Waals surface area contributed by atoms with Gasteiger partial charge in [0.15, 0.2) is 0 Å². The average Bonchev–Trinajstić information content (AvgIpc) is 2.74. The van der Waals surface area contributed by atoms with E-state index in [2.05, 4.69) is 20.9 Å². The molecule has 0 spiro atoms. The quantitative estimate of drug-likeness (QED) is 0.804. The average molecular weight is 368 g/mol. The lowest BCUT2D eigenvalue weighted by Crippen LogP contribution is -1.97. The zero-order valence-electron chi connectivity index (χ0n) is 11.6. The molecule has 0 fully saturated rings. The Morgan fingerprint density at radius 2 is 2.24 bits per heavy atom. The van der Waals surface area contributed by atoms with Gasteiger partial charge in [-0.1, -0.05) is 15.9 Å². The van der Waals surface area contributed by atoms with Crippen LogP contribution in [0, 0.1) is 13.8 Å². The molecule has 0 saturated carbocycles. The van der Waals surface area contributed by atoms with Gasteiger partial charge in [0.05, 0.1) is 5.69 Å². The fourth-order valence-corrected chi connectivity index (χ4v) is 2.91. The molecule has 0 amide bonds. The van der Waals surface area contributed by atoms with Gasteiger partial charge in [-0.2, -0.15) is 0 Å². The van der Waals surface area contributed by atoms with Crippen molar-refractivity contribution in [1.29, 1.82) is 0 Å². The van der Waals surface area contributed by atoms with Crippen LogP contribution in [0.1, 0.15) is 21.1 Å². The van der Waals surface area contributed by atoms with Gasteiger partial charge in [0.25, 0.3) is 0 Å². The highest BCUT2D eigenvalue weighted by Crippen LogP contribution is 2.26. The molecular weight excluding hydrogens is 354 g/mol. The summed E-state index contributed by atoms with van der Waals surface area (Å²) in [4.78, 5) is 16.2. The van der Waals surface area contributed by atoms with E-state index in [1.807, 2.05) is 26.0 Å². The second kappa shape index (κ2) is 6.87. The first-order chi connectivity index (χ1) is 9.95. The lowest BCUT2D eigenvalue weighted by molar-refractivity contribution is -0.131. The van der Waals surface area contributed by atoms with E-state index < -0.39 is 5.97 Å². The van der Waals surface area contributed by atoms with E-state index in [-0.39, 0.29) is 0 Å². The molecule has 1 aromatic carbocycles. The predicted molar refractivity (Wildman–Crippen MR) is 86.7 cm³/mol. The summed E-state index contributed by atoms with van der Waals surface area (Å²) in [6, 6.07) is 5.47. The first kappa shape index (κ1) is 15.7. The number of halogens is 1. The predicted octanol–water partition coefficient (Wildman–Crippen LogP) is 4.20. The van der Waals surface area contributed by atoms with Crippen LogP contribution in [0.15, 0.2) is 28.7 Å². The molecule has 4 nitrogen and oxygen atoms in total. The van der Waals surface area contributed by atoms with Crippen molar-refractivity contribution in [1.82, 2.24) is 4.98 Å². The molecule has 21 heavy (non-hydrogen) atoms. The van der Waals surface area contributed by atoms with Crippen molar-refractivity contribution in [3.05, 3.63) is 49.9 Å². The van der Waals surface area contributed by atoms with Crippen LogP contribution in [0.2, 0.25) is 0 Å². The highest BCUT2D eigenvalue weighted by atomic mass is 79.9. The van der Waals surface area contributed by atoms with Gasteiger partial charge in [-0.15, -0.1) is 11.3 Å². The van der Waals surface area contributed by atoms with Crippen LogP contribution in [-0.2, 0) is 11.4 Å². The minimum atomic E-state index is -0.993. The fourth-order valence-electron chi connectivity index (χ4n) is 1.68. The van der Waals surface area contributed by atoms with Crippen LogP contribution in [-0.4, -0.2) is 16.1 Å². The molecule has 1 N–H and O–H groups in total. The van der Waals surface area contributed by atoms with Crippen LogP contribution in [0.3, 0.4) is 0 Å². The normalized spacial score (nSPS) is 11.0. The summed E-state index contributed by atoms with van der Waals surface area (Å²) in [6.07, 6.45) is 2.60. The van der Waals surface area contributed by atoms with Gasteiger partial charge in [0, 0.05) is 21.0 Å². The molecule has 0 atom stereocenters. The van der Waals surface area contributed by atoms with Gasteiger partial charge in [-0.05, 0) is 38.1 Å². The molecule has 0 bridgehead atoms. The summed E-state index contributed by atoms with van der Waals surface area (Å²) in [5, 5.41) is 9.63. The van der Waals surface area contributed by atoms with Crippen LogP contribution >= 0.6 is 27.3 Å². The molecule has 2 aromatic rings. The molecular formula is C15H14BrNO3S. The minimum Gasteiger partial charge on any atom is -0.486 e. The maximum atomic E-state index is 10.6. The second-order valence-electron chi connectivity index (χ2n) is 4.39. The maximum absolute atomic E-state index is 10.6. The summed E-state index contributed by atoms with van der Waals surface area (Å²) >= 11 is 4.97. The number of benzene rings is 1. The number of carbonyl (C=O) groups is 1. The zero-order valence-corrected chi connectivity index (χ0v) is 14.0. The highest BCUT2D eigenvalue weighted by molar-refractivity contribution is 9.10. The summed E-state index contributed by atoms with van der Waals surface area (Å²) < 4.78 is 6.62. The number of carboxylic acids is 1. The van der Waals surface area contributed by atoms with E-state index >= 15 is 0 Å². The van der Waals surface area contributed by atoms with Crippen molar-refractivity contribution >= 4 is 39.3 Å². The van der Waals surface area contributed by atoms with Gasteiger partial charge >= 0.3 is 5.97 Å². The third-order valence-electron chi connectivity index (χ3n) is 2.80. The van der Waals surface area contributed by atoms with Crippen LogP contribution < -0.4 is 4.74 Å². The fraction of sp³-hybridized carbons (Fsp3) is 0.200. The Bertz CT molecular complexity index is 675. The number of nitrogens with zero attached hydrogens (tertiary/aromatic N) is 1. The molecule has 0 saturated heterocycles. The SMILES string of the molecule is Cc1nc(COc2ccc(Br)cc2/C=C/C(=O)O)sc1C. The second-order valence-corrected chi connectivity index (χ2v) is 6.60. The molecule has 6 heteroatoms. The number of thiazole rings is 1. The van der Waals surface area contributed by atoms with Gasteiger partial charge in [-0.3, -0.25) is 0 Å². The number of hydrogen-bond donors (Lipinski definition) is 1. The Labute approximate surface area is 135 Å². The van der Waals surface area contributed by atoms with Crippen molar-refractivity contribution in [3.8, 4) is 5.75 Å². The highest BCUT2D eigenvalue weighted by Gasteiger charge is 2.07. The van der Waals surface area contributed by atoms with Crippen molar-refractivity contribution < 1.29 is 14.6 Å². The third-order valence-corrected chi connectivity index (χ3v) is 4.34. The monoisotopic (exact) mass is 367 g/mol. The Balaban J connectivity index is 2.17. The number of ether oxygens (including phenoxy) is 1. The van der Waals surface area contributed by atoms with Crippen molar-refractivity contribution in [2.45, 2.75) is 20.5 Å². The van der Waals surface area contributed by atoms with Crippen LogP contribution in [0.25, 0.3) is 6.08 Å². The van der Waals surface area contributed by atoms with E-state index in [0.717, 1.165) is 21.3 Å². The standard InChI is InChI=1S/C15H14BrNO3S/c1-9-10(2)21-14(17-9)8-20-13-5-4-12(16)7-11(13)3-6-15(18)19/h3-7H,8H2,1-2H3,(H,18,19)/b6-3+. The van der Waals surface area contributed by atoms with Crippen LogP contribution in [0.5, 0.6) is 5.75 Å². The van der Waals surface area contributed by atoms with E-state index in [4.69, 9.17) is 9.84 Å². The maximum Gasteiger partial charge on any atom is 0.328 e. The summed E-state index contributed by atoms with van der Waals surface area (Å²) in [6.45, 7) is 4.36. The molecule has 1 heterocycles. The Morgan fingerprint density at radius 1 is 1.48 bits per heavy atom. The van der Waals surface area contributed by atoms with Crippen molar-refractivity contribution in [3.63, 3.8) is 0 Å². The minimum absolute atomic E-state index is 0.370. The summed E-state index contributed by atoms with van der Waals surface area (Å²) in [5.74, 6) is -0.367. The van der Waals surface area contributed by atoms with Gasteiger partial charge in [0.2, 0.25) is 0 Å². The Morgan fingerprint density at radius 3 is 2.86 bits per heavy atom. The molecule has 0 radical (unpaired) electrons. The number of rotatable bonds is 5. The van der Waals surface area contributed by atoms with Crippen molar-refractivity contribution in [2.24, 2.45) is 0 Å². The lowest BCUT2D eigenvalue weighted by Gasteiger charge is -2.08. The van der Waals surface area contributed by atoms with E-state index in [9.17, 15) is 4.79 Å². The van der Waals surface area contributed by atoms with Gasteiger partial charge in [0.1, 0.15) is 17.4 Å². The molecule has 1 aromatic heterocycles. The molecule has 110 valence electrons. The van der Waals surface area contributed by atoms with Crippen molar-refractivity contribution in [2.75, 3.05) is 0 Å². The first-order valence-corrected chi connectivity index (χ1v) is 7.83. The first-order valence-electron chi connectivity index (χ1n) is 6.22. The molecule has 0 unspecified atom stereocenters. The van der Waals surface area contributed by atoms with E-state index in [1.165, 1.54) is 11.0 Å². The Hall–Kier alpha value is -1.66. The lowest BCUT2D eigenvalue weighted by atomic mass is 10.2. The number of aromatic nitrogens is 1. The number of aryl methyl sites for hydroxylation is 2. The molecule has 2 rings (SSSR count). The molecule has 0 aliphatic rings. The zero-order chi connectivity index (χ0) is 15.4. The largest absolute Gasteiger partial charge is 0.486 e. The van der Waals surface area contributed by atoms with E-state index in [1.54, 1.807) is 17.4 Å². The van der Waals surface area contributed by atoms with Gasteiger partial charge in [-0.25, -0.2) is 9.78 Å². The molecule has 0 aliphatic heterocycles. The third kappa shape index (κ3) is 4.41.